The molecule has 7 heteroatoms. The van der Waals surface area contributed by atoms with Crippen LogP contribution >= 0.6 is 0 Å². The second kappa shape index (κ2) is 5.74. The van der Waals surface area contributed by atoms with Crippen molar-refractivity contribution in [1.82, 2.24) is 5.32 Å². The van der Waals surface area contributed by atoms with E-state index < -0.39 is 11.2 Å². The molecule has 2 heterocycles. The maximum absolute atomic E-state index is 10.4. The zero-order valence-corrected chi connectivity index (χ0v) is 10.8. The molecule has 0 radical (unpaired) electrons. The average Bonchev–Trinajstić information content (AvgIpc) is 3.01. The summed E-state index contributed by atoms with van der Waals surface area (Å²) in [6, 6.07) is 10.0. The minimum absolute atomic E-state index is 0.0283. The summed E-state index contributed by atoms with van der Waals surface area (Å²) in [5.41, 5.74) is 1.17. The Hall–Kier alpha value is -1.70. The van der Waals surface area contributed by atoms with Crippen LogP contribution in [0.4, 0.5) is 0 Å². The Labute approximate surface area is 115 Å². The standard InChI is InChI=1S/C13H16N2O5/c16-15(17)20-11-8-19-12-10(7-18-13(11)12)14-6-9-4-2-1-3-5-9/h1-5,10-14H,6-8H2/t10-,11-,12+,13+/m0/s1. The van der Waals surface area contributed by atoms with Crippen molar-refractivity contribution >= 4 is 0 Å². The first kappa shape index (κ1) is 13.3. The molecule has 0 amide bonds. The monoisotopic (exact) mass is 280 g/mol. The fourth-order valence-electron chi connectivity index (χ4n) is 2.68. The molecule has 1 aromatic rings. The minimum Gasteiger partial charge on any atom is -0.371 e. The molecule has 0 aliphatic carbocycles. The third-order valence-corrected chi connectivity index (χ3v) is 3.64. The highest BCUT2D eigenvalue weighted by Crippen LogP contribution is 2.29. The fourth-order valence-corrected chi connectivity index (χ4v) is 2.68. The van der Waals surface area contributed by atoms with Gasteiger partial charge in [-0.25, -0.2) is 0 Å². The number of nitrogens with zero attached hydrogens (tertiary/aromatic N) is 1. The second-order valence-corrected chi connectivity index (χ2v) is 4.94. The van der Waals surface area contributed by atoms with Gasteiger partial charge in [-0.1, -0.05) is 30.3 Å². The van der Waals surface area contributed by atoms with E-state index in [0.717, 1.165) is 0 Å². The SMILES string of the molecule is O=[N+]([O-])O[C@H]1CO[C@H]2[C@@H]1OC[C@@H]2NCc1ccccc1. The Morgan fingerprint density at radius 1 is 1.25 bits per heavy atom. The van der Waals surface area contributed by atoms with Crippen molar-refractivity contribution in [2.45, 2.75) is 30.9 Å². The van der Waals surface area contributed by atoms with Crippen LogP contribution in [-0.2, 0) is 20.9 Å². The highest BCUT2D eigenvalue weighted by molar-refractivity contribution is 5.14. The molecule has 1 aromatic carbocycles. The molecule has 108 valence electrons. The molecular formula is C13H16N2O5. The molecule has 3 rings (SSSR count). The Morgan fingerprint density at radius 3 is 2.75 bits per heavy atom. The summed E-state index contributed by atoms with van der Waals surface area (Å²) in [6.45, 7) is 1.38. The van der Waals surface area contributed by atoms with Crippen LogP contribution in [0.5, 0.6) is 0 Å². The highest BCUT2D eigenvalue weighted by atomic mass is 17.0. The molecule has 0 bridgehead atoms. The average molecular weight is 280 g/mol. The molecule has 0 saturated carbocycles. The number of hydrogen-bond donors (Lipinski definition) is 1. The fraction of sp³-hybridized carbons (Fsp3) is 0.538. The summed E-state index contributed by atoms with van der Waals surface area (Å²) >= 11 is 0. The Kier molecular flexibility index (Phi) is 3.81. The lowest BCUT2D eigenvalue weighted by molar-refractivity contribution is -0.769. The maximum Gasteiger partial charge on any atom is 0.294 e. The minimum atomic E-state index is -0.787. The lowest BCUT2D eigenvalue weighted by Gasteiger charge is -2.17. The molecule has 0 aromatic heterocycles. The molecule has 20 heavy (non-hydrogen) atoms. The summed E-state index contributed by atoms with van der Waals surface area (Å²) in [6.07, 6.45) is -1.18. The molecule has 2 saturated heterocycles. The summed E-state index contributed by atoms with van der Waals surface area (Å²) in [5.74, 6) is 0. The smallest absolute Gasteiger partial charge is 0.294 e. The van der Waals surface area contributed by atoms with Gasteiger partial charge in [-0.05, 0) is 5.56 Å². The molecule has 0 spiro atoms. The summed E-state index contributed by atoms with van der Waals surface area (Å²) in [5, 5.41) is 13.0. The maximum atomic E-state index is 10.4. The van der Waals surface area contributed by atoms with Crippen LogP contribution in [0, 0.1) is 10.1 Å². The molecule has 0 unspecified atom stereocenters. The lowest BCUT2D eigenvalue weighted by Crippen LogP contribution is -2.41. The van der Waals surface area contributed by atoms with Crippen molar-refractivity contribution in [3.8, 4) is 0 Å². The number of nitrogens with one attached hydrogen (secondary N) is 1. The van der Waals surface area contributed by atoms with Gasteiger partial charge < -0.3 is 19.6 Å². The van der Waals surface area contributed by atoms with Gasteiger partial charge in [-0.2, -0.15) is 0 Å². The number of ether oxygens (including phenoxy) is 2. The van der Waals surface area contributed by atoms with Crippen molar-refractivity contribution in [1.29, 1.82) is 0 Å². The summed E-state index contributed by atoms with van der Waals surface area (Å²) in [7, 11) is 0. The van der Waals surface area contributed by atoms with Gasteiger partial charge in [0, 0.05) is 6.54 Å². The Balaban J connectivity index is 1.54. The zero-order valence-electron chi connectivity index (χ0n) is 10.8. The van der Waals surface area contributed by atoms with Crippen LogP contribution in [0.1, 0.15) is 5.56 Å². The van der Waals surface area contributed by atoms with Gasteiger partial charge in [0.1, 0.15) is 12.2 Å². The topological polar surface area (TPSA) is 82.9 Å². The first-order valence-corrected chi connectivity index (χ1v) is 6.56. The second-order valence-electron chi connectivity index (χ2n) is 4.94. The van der Waals surface area contributed by atoms with Gasteiger partial charge in [-0.15, -0.1) is 10.1 Å². The normalized spacial score (nSPS) is 32.0. The Bertz CT molecular complexity index is 469. The van der Waals surface area contributed by atoms with Crippen molar-refractivity contribution in [2.75, 3.05) is 13.2 Å². The quantitative estimate of drug-likeness (QED) is 0.625. The van der Waals surface area contributed by atoms with Gasteiger partial charge in [0.2, 0.25) is 0 Å². The van der Waals surface area contributed by atoms with Crippen LogP contribution in [0.2, 0.25) is 0 Å². The molecule has 7 nitrogen and oxygen atoms in total. The van der Waals surface area contributed by atoms with Gasteiger partial charge in [0.15, 0.2) is 6.10 Å². The third kappa shape index (κ3) is 2.74. The molecular weight excluding hydrogens is 264 g/mol. The first-order chi connectivity index (χ1) is 9.74. The first-order valence-electron chi connectivity index (χ1n) is 6.56. The number of benzene rings is 1. The van der Waals surface area contributed by atoms with Crippen LogP contribution in [-0.4, -0.2) is 42.7 Å². The summed E-state index contributed by atoms with van der Waals surface area (Å²) in [4.78, 5) is 15.0. The van der Waals surface area contributed by atoms with Crippen molar-refractivity contribution < 1.29 is 19.4 Å². The van der Waals surface area contributed by atoms with E-state index in [-0.39, 0.29) is 24.9 Å². The van der Waals surface area contributed by atoms with E-state index in [9.17, 15) is 10.1 Å². The molecule has 2 aliphatic rings. The van der Waals surface area contributed by atoms with Gasteiger partial charge in [0.25, 0.3) is 5.09 Å². The largest absolute Gasteiger partial charge is 0.371 e. The van der Waals surface area contributed by atoms with Crippen molar-refractivity contribution in [3.05, 3.63) is 46.0 Å². The van der Waals surface area contributed by atoms with Crippen LogP contribution in [0.15, 0.2) is 30.3 Å². The van der Waals surface area contributed by atoms with E-state index in [4.69, 9.17) is 9.47 Å². The lowest BCUT2D eigenvalue weighted by atomic mass is 10.1. The third-order valence-electron chi connectivity index (χ3n) is 3.64. The van der Waals surface area contributed by atoms with Crippen molar-refractivity contribution in [3.63, 3.8) is 0 Å². The number of hydrogen-bond acceptors (Lipinski definition) is 6. The number of rotatable bonds is 5. The van der Waals surface area contributed by atoms with Gasteiger partial charge in [0.05, 0.1) is 19.3 Å². The van der Waals surface area contributed by atoms with Crippen LogP contribution in [0.25, 0.3) is 0 Å². The van der Waals surface area contributed by atoms with E-state index in [0.29, 0.717) is 13.2 Å². The van der Waals surface area contributed by atoms with E-state index in [2.05, 4.69) is 10.2 Å². The predicted octanol–water partition coefficient (Wildman–Crippen LogP) is 0.519. The van der Waals surface area contributed by atoms with E-state index >= 15 is 0 Å². The van der Waals surface area contributed by atoms with Crippen LogP contribution < -0.4 is 5.32 Å². The van der Waals surface area contributed by atoms with Crippen molar-refractivity contribution in [2.24, 2.45) is 0 Å². The van der Waals surface area contributed by atoms with E-state index in [1.165, 1.54) is 5.56 Å². The van der Waals surface area contributed by atoms with E-state index in [1.807, 2.05) is 30.3 Å². The predicted molar refractivity (Wildman–Crippen MR) is 68.4 cm³/mol. The van der Waals surface area contributed by atoms with Gasteiger partial charge >= 0.3 is 0 Å². The molecule has 4 atom stereocenters. The highest BCUT2D eigenvalue weighted by Gasteiger charge is 2.49. The molecule has 2 fully saturated rings. The molecule has 2 aliphatic heterocycles. The van der Waals surface area contributed by atoms with E-state index in [1.54, 1.807) is 0 Å². The van der Waals surface area contributed by atoms with Crippen LogP contribution in [0.3, 0.4) is 0 Å². The van der Waals surface area contributed by atoms with Gasteiger partial charge in [-0.3, -0.25) is 0 Å². The summed E-state index contributed by atoms with van der Waals surface area (Å²) < 4.78 is 11.1. The molecule has 1 N–H and O–H groups in total. The number of fused-ring (bicyclic) bond motifs is 1. The zero-order chi connectivity index (χ0) is 13.9. The Morgan fingerprint density at radius 2 is 2.00 bits per heavy atom.